The van der Waals surface area contributed by atoms with Gasteiger partial charge in [0, 0.05) is 19.3 Å². The van der Waals surface area contributed by atoms with Crippen LogP contribution in [0.3, 0.4) is 0 Å². The highest BCUT2D eigenvalue weighted by atomic mass is 35.5. The fourth-order valence-electron chi connectivity index (χ4n) is 2.32. The van der Waals surface area contributed by atoms with Gasteiger partial charge in [-0.15, -0.1) is 12.4 Å². The zero-order chi connectivity index (χ0) is 16.9. The first-order valence-electron chi connectivity index (χ1n) is 8.00. The molecule has 2 aromatic rings. The molecule has 0 bridgehead atoms. The van der Waals surface area contributed by atoms with Crippen LogP contribution in [0.15, 0.2) is 42.7 Å². The van der Waals surface area contributed by atoms with Crippen molar-refractivity contribution in [1.82, 2.24) is 14.7 Å². The third-order valence-electron chi connectivity index (χ3n) is 3.65. The zero-order valence-electron chi connectivity index (χ0n) is 14.6. The number of carbonyl (C=O) groups is 1. The summed E-state index contributed by atoms with van der Waals surface area (Å²) in [6.45, 7) is 7.98. The van der Waals surface area contributed by atoms with Crippen molar-refractivity contribution in [2.45, 2.75) is 39.3 Å². The molecule has 0 saturated heterocycles. The minimum atomic E-state index is -0.139. The largest absolute Gasteiger partial charge is 0.334 e. The summed E-state index contributed by atoms with van der Waals surface area (Å²) in [7, 11) is 0. The van der Waals surface area contributed by atoms with Crippen LogP contribution in [-0.4, -0.2) is 33.7 Å². The second-order valence-corrected chi connectivity index (χ2v) is 6.70. The second-order valence-electron chi connectivity index (χ2n) is 6.70. The van der Waals surface area contributed by atoms with Gasteiger partial charge in [0.05, 0.1) is 17.3 Å². The fraction of sp³-hybridized carbons (Fsp3) is 0.444. The number of benzene rings is 1. The van der Waals surface area contributed by atoms with Crippen LogP contribution in [0, 0.1) is 0 Å². The molecule has 1 aromatic heterocycles. The molecule has 0 atom stereocenters. The van der Waals surface area contributed by atoms with Crippen molar-refractivity contribution < 1.29 is 4.79 Å². The topological polar surface area (TPSA) is 64.2 Å². The molecule has 0 saturated carbocycles. The summed E-state index contributed by atoms with van der Waals surface area (Å²) in [6, 6.07) is 10.0. The Labute approximate surface area is 150 Å². The molecule has 24 heavy (non-hydrogen) atoms. The maximum atomic E-state index is 12.8. The number of nitrogens with two attached hydrogens (primary N) is 1. The Balaban J connectivity index is 0.00000288. The van der Waals surface area contributed by atoms with E-state index >= 15 is 0 Å². The van der Waals surface area contributed by atoms with Crippen LogP contribution in [0.1, 0.15) is 43.1 Å². The highest BCUT2D eigenvalue weighted by molar-refractivity contribution is 5.93. The summed E-state index contributed by atoms with van der Waals surface area (Å²) in [5.74, 6) is -0.00203. The van der Waals surface area contributed by atoms with E-state index in [1.807, 2.05) is 46.1 Å². The normalized spacial score (nSPS) is 11.0. The standard InChI is InChI=1S/C18H26N4O.ClH/c1-18(2,3)22-14-16(12-20-22)17(23)21(11-7-10-19)13-15-8-5-4-6-9-15;/h4-6,8-9,12,14H,7,10-11,13,19H2,1-3H3;1H. The van der Waals surface area contributed by atoms with E-state index in [1.54, 1.807) is 6.20 Å². The molecular weight excluding hydrogens is 324 g/mol. The van der Waals surface area contributed by atoms with Gasteiger partial charge in [-0.25, -0.2) is 0 Å². The lowest BCUT2D eigenvalue weighted by Gasteiger charge is -2.22. The molecular formula is C18H27ClN4O. The Hall–Kier alpha value is -1.85. The number of carbonyl (C=O) groups excluding carboxylic acids is 1. The van der Waals surface area contributed by atoms with Crippen molar-refractivity contribution >= 4 is 18.3 Å². The summed E-state index contributed by atoms with van der Waals surface area (Å²) in [4.78, 5) is 14.7. The van der Waals surface area contributed by atoms with Crippen LogP contribution in [0.5, 0.6) is 0 Å². The number of rotatable bonds is 6. The first kappa shape index (κ1) is 20.2. The van der Waals surface area contributed by atoms with Gasteiger partial charge < -0.3 is 10.6 Å². The monoisotopic (exact) mass is 350 g/mol. The summed E-state index contributed by atoms with van der Waals surface area (Å²) in [5.41, 5.74) is 7.21. The third-order valence-corrected chi connectivity index (χ3v) is 3.65. The number of halogens is 1. The molecule has 0 spiro atoms. The molecule has 0 aliphatic rings. The lowest BCUT2D eigenvalue weighted by atomic mass is 10.1. The van der Waals surface area contributed by atoms with Crippen molar-refractivity contribution in [1.29, 1.82) is 0 Å². The molecule has 0 unspecified atom stereocenters. The van der Waals surface area contributed by atoms with Crippen LogP contribution in [0.4, 0.5) is 0 Å². The Bertz CT molecular complexity index is 634. The molecule has 5 nitrogen and oxygen atoms in total. The third kappa shape index (κ3) is 5.35. The van der Waals surface area contributed by atoms with Crippen LogP contribution < -0.4 is 5.73 Å². The van der Waals surface area contributed by atoms with Crippen LogP contribution in [-0.2, 0) is 12.1 Å². The minimum Gasteiger partial charge on any atom is -0.334 e. The van der Waals surface area contributed by atoms with E-state index in [-0.39, 0.29) is 23.9 Å². The molecule has 0 aliphatic carbocycles. The van der Waals surface area contributed by atoms with Crippen molar-refractivity contribution in [2.24, 2.45) is 5.73 Å². The van der Waals surface area contributed by atoms with Gasteiger partial charge in [-0.1, -0.05) is 30.3 Å². The molecule has 2 rings (SSSR count). The molecule has 1 aromatic carbocycles. The SMILES string of the molecule is CC(C)(C)n1cc(C(=O)N(CCCN)Cc2ccccc2)cn1.Cl. The Morgan fingerprint density at radius 1 is 1.25 bits per heavy atom. The van der Waals surface area contributed by atoms with Crippen molar-refractivity contribution in [3.63, 3.8) is 0 Å². The lowest BCUT2D eigenvalue weighted by Crippen LogP contribution is -2.32. The van der Waals surface area contributed by atoms with Gasteiger partial charge >= 0.3 is 0 Å². The number of nitrogens with zero attached hydrogens (tertiary/aromatic N) is 3. The summed E-state index contributed by atoms with van der Waals surface area (Å²) in [6.07, 6.45) is 4.25. The van der Waals surface area contributed by atoms with E-state index in [1.165, 1.54) is 0 Å². The van der Waals surface area contributed by atoms with Crippen LogP contribution >= 0.6 is 12.4 Å². The summed E-state index contributed by atoms with van der Waals surface area (Å²) >= 11 is 0. The van der Waals surface area contributed by atoms with Crippen molar-refractivity contribution in [3.8, 4) is 0 Å². The van der Waals surface area contributed by atoms with Crippen molar-refractivity contribution in [3.05, 3.63) is 53.9 Å². The second kappa shape index (κ2) is 8.85. The molecule has 6 heteroatoms. The number of aromatic nitrogens is 2. The molecule has 1 amide bonds. The summed E-state index contributed by atoms with van der Waals surface area (Å²) < 4.78 is 1.82. The maximum Gasteiger partial charge on any atom is 0.257 e. The molecule has 0 aliphatic heterocycles. The first-order valence-corrected chi connectivity index (χ1v) is 8.00. The van der Waals surface area contributed by atoms with Gasteiger partial charge in [-0.2, -0.15) is 5.10 Å². The van der Waals surface area contributed by atoms with Gasteiger partial charge in [0.2, 0.25) is 0 Å². The molecule has 0 fully saturated rings. The smallest absolute Gasteiger partial charge is 0.257 e. The van der Waals surface area contributed by atoms with E-state index in [9.17, 15) is 4.79 Å². The molecule has 0 radical (unpaired) electrons. The predicted octanol–water partition coefficient (Wildman–Crippen LogP) is 3.05. The maximum absolute atomic E-state index is 12.8. The quantitative estimate of drug-likeness (QED) is 0.870. The van der Waals surface area contributed by atoms with E-state index in [0.29, 0.717) is 25.2 Å². The first-order chi connectivity index (χ1) is 10.9. The number of hydrogen-bond acceptors (Lipinski definition) is 3. The molecule has 132 valence electrons. The average Bonchev–Trinajstić information content (AvgIpc) is 3.02. The van der Waals surface area contributed by atoms with Gasteiger partial charge in [-0.05, 0) is 39.3 Å². The molecule has 2 N–H and O–H groups in total. The van der Waals surface area contributed by atoms with Gasteiger partial charge in [-0.3, -0.25) is 9.48 Å². The van der Waals surface area contributed by atoms with Gasteiger partial charge in [0.1, 0.15) is 0 Å². The molecule has 1 heterocycles. The lowest BCUT2D eigenvalue weighted by molar-refractivity contribution is 0.0742. The van der Waals surface area contributed by atoms with E-state index in [4.69, 9.17) is 5.73 Å². The Kier molecular flexibility index (Phi) is 7.45. The highest BCUT2D eigenvalue weighted by Crippen LogP contribution is 2.15. The average molecular weight is 351 g/mol. The van der Waals surface area contributed by atoms with E-state index in [0.717, 1.165) is 12.0 Å². The van der Waals surface area contributed by atoms with Crippen molar-refractivity contribution in [2.75, 3.05) is 13.1 Å². The number of amides is 1. The van der Waals surface area contributed by atoms with E-state index in [2.05, 4.69) is 25.9 Å². The van der Waals surface area contributed by atoms with Crippen LogP contribution in [0.2, 0.25) is 0 Å². The summed E-state index contributed by atoms with van der Waals surface area (Å²) in [5, 5.41) is 4.32. The Morgan fingerprint density at radius 2 is 1.92 bits per heavy atom. The highest BCUT2D eigenvalue weighted by Gasteiger charge is 2.20. The minimum absolute atomic E-state index is 0. The predicted molar refractivity (Wildman–Crippen MR) is 99.3 cm³/mol. The van der Waals surface area contributed by atoms with E-state index < -0.39 is 0 Å². The number of hydrogen-bond donors (Lipinski definition) is 1. The Morgan fingerprint density at radius 3 is 2.46 bits per heavy atom. The van der Waals surface area contributed by atoms with Gasteiger partial charge in [0.15, 0.2) is 0 Å². The van der Waals surface area contributed by atoms with Gasteiger partial charge in [0.25, 0.3) is 5.91 Å². The zero-order valence-corrected chi connectivity index (χ0v) is 15.4. The fourth-order valence-corrected chi connectivity index (χ4v) is 2.32. The van der Waals surface area contributed by atoms with Crippen LogP contribution in [0.25, 0.3) is 0 Å².